The van der Waals surface area contributed by atoms with Crippen LogP contribution in [0.5, 0.6) is 0 Å². The summed E-state index contributed by atoms with van der Waals surface area (Å²) in [7, 11) is -3.59. The van der Waals surface area contributed by atoms with Gasteiger partial charge in [-0.15, -0.1) is 0 Å². The summed E-state index contributed by atoms with van der Waals surface area (Å²) in [5, 5.41) is 12.7. The molecule has 8 nitrogen and oxygen atoms in total. The quantitative estimate of drug-likeness (QED) is 0.601. The second kappa shape index (κ2) is 8.53. The Balaban J connectivity index is 1.43. The number of sulfonamides is 1. The molecule has 3 aromatic rings. The molecule has 0 spiro atoms. The number of anilines is 2. The number of aryl methyl sites for hydroxylation is 3. The lowest BCUT2D eigenvalue weighted by Crippen LogP contribution is -2.49. The number of aromatic nitrogens is 2. The number of fused-ring (bicyclic) bond motifs is 1. The number of nitrogens with zero attached hydrogens (tertiary/aromatic N) is 5. The zero-order valence-corrected chi connectivity index (χ0v) is 20.5. The van der Waals surface area contributed by atoms with Crippen molar-refractivity contribution in [2.45, 2.75) is 44.6 Å². The van der Waals surface area contributed by atoms with Crippen LogP contribution < -0.4 is 10.2 Å². The van der Waals surface area contributed by atoms with E-state index in [1.807, 2.05) is 39.0 Å². The van der Waals surface area contributed by atoms with E-state index in [0.29, 0.717) is 54.0 Å². The van der Waals surface area contributed by atoms with Gasteiger partial charge in [-0.2, -0.15) is 9.57 Å². The molecule has 1 saturated heterocycles. The summed E-state index contributed by atoms with van der Waals surface area (Å²) in [5.74, 6) is 1.44. The van der Waals surface area contributed by atoms with Crippen LogP contribution >= 0.6 is 0 Å². The molecule has 0 bridgehead atoms. The van der Waals surface area contributed by atoms with Gasteiger partial charge in [0.15, 0.2) is 11.6 Å². The highest BCUT2D eigenvalue weighted by Gasteiger charge is 2.33. The summed E-state index contributed by atoms with van der Waals surface area (Å²) in [6.07, 6.45) is 2.21. The molecular weight excluding hydrogens is 448 g/mol. The summed E-state index contributed by atoms with van der Waals surface area (Å²) in [6, 6.07) is 11.7. The van der Waals surface area contributed by atoms with E-state index in [9.17, 15) is 13.7 Å². The fourth-order valence-corrected chi connectivity index (χ4v) is 6.53. The second-order valence-corrected chi connectivity index (χ2v) is 11.1. The van der Waals surface area contributed by atoms with Crippen LogP contribution in [0.15, 0.2) is 35.2 Å². The minimum absolute atomic E-state index is 0.371. The summed E-state index contributed by atoms with van der Waals surface area (Å²) in [4.78, 5) is 12.2. The zero-order valence-electron chi connectivity index (χ0n) is 19.7. The molecule has 1 aromatic heterocycles. The van der Waals surface area contributed by atoms with Crippen molar-refractivity contribution in [3.05, 3.63) is 52.6 Å². The maximum Gasteiger partial charge on any atom is 0.243 e. The number of hydrogen-bond donors (Lipinski definition) is 1. The SMILES string of the molecule is Cc1cc(C)c(S(=O)(=O)N2CCN(c3nc4cc(C#N)ccc4nc3NC3CC3)CC2)c(C)c1. The molecule has 9 heteroatoms. The number of nitrogens with one attached hydrogen (secondary N) is 1. The molecule has 1 N–H and O–H groups in total. The van der Waals surface area contributed by atoms with E-state index in [1.54, 1.807) is 16.4 Å². The Labute approximate surface area is 200 Å². The summed E-state index contributed by atoms with van der Waals surface area (Å²) in [5.41, 5.74) is 4.56. The minimum atomic E-state index is -3.59. The Morgan fingerprint density at radius 1 is 0.971 bits per heavy atom. The van der Waals surface area contributed by atoms with E-state index in [4.69, 9.17) is 9.97 Å². The fraction of sp³-hybridized carbons (Fsp3) is 0.400. The topological polar surface area (TPSA) is 102 Å². The van der Waals surface area contributed by atoms with Crippen molar-refractivity contribution >= 4 is 32.7 Å². The van der Waals surface area contributed by atoms with Gasteiger partial charge in [-0.05, 0) is 62.9 Å². The highest BCUT2D eigenvalue weighted by molar-refractivity contribution is 7.89. The summed E-state index contributed by atoms with van der Waals surface area (Å²) in [6.45, 7) is 7.47. The molecular formula is C25H28N6O2S. The van der Waals surface area contributed by atoms with Crippen molar-refractivity contribution in [2.75, 3.05) is 36.4 Å². The predicted octanol–water partition coefficient (Wildman–Crippen LogP) is 3.51. The Hall–Kier alpha value is -3.22. The van der Waals surface area contributed by atoms with Crippen molar-refractivity contribution in [2.24, 2.45) is 0 Å². The van der Waals surface area contributed by atoms with Gasteiger partial charge in [0.05, 0.1) is 27.6 Å². The van der Waals surface area contributed by atoms with E-state index in [2.05, 4.69) is 16.3 Å². The van der Waals surface area contributed by atoms with Gasteiger partial charge in [0.25, 0.3) is 0 Å². The minimum Gasteiger partial charge on any atom is -0.364 e. The van der Waals surface area contributed by atoms with Gasteiger partial charge in [-0.3, -0.25) is 0 Å². The molecule has 2 heterocycles. The number of hydrogen-bond acceptors (Lipinski definition) is 7. The third kappa shape index (κ3) is 4.19. The molecule has 34 heavy (non-hydrogen) atoms. The lowest BCUT2D eigenvalue weighted by molar-refractivity contribution is 0.383. The van der Waals surface area contributed by atoms with Gasteiger partial charge in [-0.1, -0.05) is 17.7 Å². The van der Waals surface area contributed by atoms with Crippen LogP contribution in [0.4, 0.5) is 11.6 Å². The van der Waals surface area contributed by atoms with Crippen LogP contribution in [0.2, 0.25) is 0 Å². The third-order valence-corrected chi connectivity index (χ3v) is 8.64. The molecule has 2 fully saturated rings. The normalized spacial score (nSPS) is 17.1. The Kier molecular flexibility index (Phi) is 5.66. The van der Waals surface area contributed by atoms with Crippen molar-refractivity contribution < 1.29 is 8.42 Å². The average Bonchev–Trinajstić information content (AvgIpc) is 3.61. The molecule has 0 unspecified atom stereocenters. The van der Waals surface area contributed by atoms with E-state index in [-0.39, 0.29) is 0 Å². The summed E-state index contributed by atoms with van der Waals surface area (Å²) >= 11 is 0. The van der Waals surface area contributed by atoms with Gasteiger partial charge in [-0.25, -0.2) is 18.4 Å². The average molecular weight is 477 g/mol. The Bertz CT molecular complexity index is 1390. The van der Waals surface area contributed by atoms with Crippen molar-refractivity contribution in [1.29, 1.82) is 5.26 Å². The smallest absolute Gasteiger partial charge is 0.243 e. The molecule has 5 rings (SSSR count). The number of piperazine rings is 1. The fourth-order valence-electron chi connectivity index (χ4n) is 4.70. The molecule has 0 atom stereocenters. The van der Waals surface area contributed by atoms with Crippen molar-refractivity contribution in [3.63, 3.8) is 0 Å². The first kappa shape index (κ1) is 22.6. The van der Waals surface area contributed by atoms with Crippen molar-refractivity contribution in [3.8, 4) is 6.07 Å². The zero-order chi connectivity index (χ0) is 24.0. The van der Waals surface area contributed by atoms with Gasteiger partial charge in [0.1, 0.15) is 0 Å². The standard InChI is InChI=1S/C25H28N6O2S/c1-16-12-17(2)23(18(3)13-16)34(32,33)31-10-8-30(9-11-31)25-24(27-20-5-6-20)28-21-7-4-19(15-26)14-22(21)29-25/h4,7,12-14,20H,5-6,8-11H2,1-3H3,(H,27,28). The second-order valence-electron chi connectivity index (χ2n) is 9.25. The van der Waals surface area contributed by atoms with Crippen LogP contribution in [0.1, 0.15) is 35.1 Å². The lowest BCUT2D eigenvalue weighted by atomic mass is 10.1. The number of benzene rings is 2. The van der Waals surface area contributed by atoms with E-state index >= 15 is 0 Å². The Morgan fingerprint density at radius 3 is 2.26 bits per heavy atom. The largest absolute Gasteiger partial charge is 0.364 e. The first-order valence-electron chi connectivity index (χ1n) is 11.6. The molecule has 1 aliphatic heterocycles. The van der Waals surface area contributed by atoms with E-state index in [1.165, 1.54) is 0 Å². The van der Waals surface area contributed by atoms with Gasteiger partial charge in [0, 0.05) is 32.2 Å². The lowest BCUT2D eigenvalue weighted by Gasteiger charge is -2.35. The van der Waals surface area contributed by atoms with Gasteiger partial charge in [0.2, 0.25) is 10.0 Å². The summed E-state index contributed by atoms with van der Waals surface area (Å²) < 4.78 is 28.5. The molecule has 0 amide bonds. The number of nitriles is 1. The first-order chi connectivity index (χ1) is 16.3. The van der Waals surface area contributed by atoms with Gasteiger partial charge < -0.3 is 10.2 Å². The van der Waals surface area contributed by atoms with E-state index in [0.717, 1.165) is 40.9 Å². The Morgan fingerprint density at radius 2 is 1.65 bits per heavy atom. The third-order valence-electron chi connectivity index (χ3n) is 6.43. The van der Waals surface area contributed by atoms with Crippen LogP contribution in [-0.4, -0.2) is 54.9 Å². The van der Waals surface area contributed by atoms with Crippen LogP contribution in [0, 0.1) is 32.1 Å². The van der Waals surface area contributed by atoms with Crippen LogP contribution in [0.3, 0.4) is 0 Å². The molecule has 2 aliphatic rings. The monoisotopic (exact) mass is 476 g/mol. The molecule has 2 aromatic carbocycles. The molecule has 0 radical (unpaired) electrons. The maximum atomic E-state index is 13.5. The predicted molar refractivity (Wildman–Crippen MR) is 133 cm³/mol. The maximum absolute atomic E-state index is 13.5. The van der Waals surface area contributed by atoms with Crippen LogP contribution in [-0.2, 0) is 10.0 Å². The first-order valence-corrected chi connectivity index (χ1v) is 13.0. The molecule has 1 aliphatic carbocycles. The van der Waals surface area contributed by atoms with Crippen LogP contribution in [0.25, 0.3) is 11.0 Å². The molecule has 1 saturated carbocycles. The highest BCUT2D eigenvalue weighted by atomic mass is 32.2. The molecule has 176 valence electrons. The van der Waals surface area contributed by atoms with Gasteiger partial charge >= 0.3 is 0 Å². The highest BCUT2D eigenvalue weighted by Crippen LogP contribution is 2.32. The number of rotatable bonds is 5. The van der Waals surface area contributed by atoms with Crippen molar-refractivity contribution in [1.82, 2.24) is 14.3 Å². The van der Waals surface area contributed by atoms with E-state index < -0.39 is 10.0 Å².